The molecular formula is C21H22N4O4. The molecule has 0 unspecified atom stereocenters. The third kappa shape index (κ3) is 4.78. The van der Waals surface area contributed by atoms with Crippen molar-refractivity contribution in [1.82, 2.24) is 15.3 Å². The minimum atomic E-state index is -0.255. The number of H-pyrrole nitrogens is 1. The number of amides is 2. The molecule has 0 bridgehead atoms. The predicted molar refractivity (Wildman–Crippen MR) is 110 cm³/mol. The zero-order valence-electron chi connectivity index (χ0n) is 16.2. The fourth-order valence-corrected chi connectivity index (χ4v) is 2.97. The van der Waals surface area contributed by atoms with Gasteiger partial charge in [-0.1, -0.05) is 12.1 Å². The van der Waals surface area contributed by atoms with Crippen LogP contribution >= 0.6 is 0 Å². The van der Waals surface area contributed by atoms with E-state index < -0.39 is 0 Å². The van der Waals surface area contributed by atoms with Crippen LogP contribution in [-0.4, -0.2) is 35.9 Å². The van der Waals surface area contributed by atoms with Crippen LogP contribution in [-0.2, 0) is 11.2 Å². The Bertz CT molecular complexity index is 1110. The van der Waals surface area contributed by atoms with Crippen LogP contribution in [0.15, 0.2) is 47.3 Å². The van der Waals surface area contributed by atoms with Crippen LogP contribution in [0.25, 0.3) is 10.9 Å². The van der Waals surface area contributed by atoms with Crippen LogP contribution in [0, 0.1) is 0 Å². The van der Waals surface area contributed by atoms with Gasteiger partial charge in [-0.3, -0.25) is 14.4 Å². The topological polar surface area (TPSA) is 113 Å². The molecule has 150 valence electrons. The third-order valence-electron chi connectivity index (χ3n) is 4.44. The molecule has 8 heteroatoms. The van der Waals surface area contributed by atoms with Gasteiger partial charge in [0, 0.05) is 25.5 Å². The maximum absolute atomic E-state index is 12.3. The molecule has 0 saturated carbocycles. The Hall–Kier alpha value is -3.68. The minimum absolute atomic E-state index is 0.189. The Morgan fingerprint density at radius 1 is 1.17 bits per heavy atom. The maximum Gasteiger partial charge on any atom is 0.258 e. The SMILES string of the molecule is CNC(=O)c1ccc(OC)c(NC(=O)CCCc2nc3ccccc3c(=O)[nH]2)c1. The second-order valence-corrected chi connectivity index (χ2v) is 6.43. The van der Waals surface area contributed by atoms with E-state index in [-0.39, 0.29) is 23.8 Å². The molecule has 0 fully saturated rings. The molecule has 29 heavy (non-hydrogen) atoms. The fourth-order valence-electron chi connectivity index (χ4n) is 2.97. The summed E-state index contributed by atoms with van der Waals surface area (Å²) in [6.45, 7) is 0. The van der Waals surface area contributed by atoms with Crippen molar-refractivity contribution in [3.05, 3.63) is 64.2 Å². The van der Waals surface area contributed by atoms with Crippen molar-refractivity contribution in [2.24, 2.45) is 0 Å². The number of nitrogens with one attached hydrogen (secondary N) is 3. The molecule has 2 amide bonds. The van der Waals surface area contributed by atoms with Gasteiger partial charge in [0.15, 0.2) is 0 Å². The molecule has 0 aliphatic heterocycles. The molecule has 0 atom stereocenters. The fraction of sp³-hybridized carbons (Fsp3) is 0.238. The number of aromatic nitrogens is 2. The van der Waals surface area contributed by atoms with Crippen molar-refractivity contribution in [3.63, 3.8) is 0 Å². The van der Waals surface area contributed by atoms with Crippen molar-refractivity contribution in [2.45, 2.75) is 19.3 Å². The Balaban J connectivity index is 1.63. The van der Waals surface area contributed by atoms with Gasteiger partial charge in [-0.25, -0.2) is 4.98 Å². The smallest absolute Gasteiger partial charge is 0.258 e. The number of carbonyl (C=O) groups is 2. The Kier molecular flexibility index (Phi) is 6.23. The molecule has 0 aliphatic carbocycles. The number of ether oxygens (including phenoxy) is 1. The van der Waals surface area contributed by atoms with Crippen molar-refractivity contribution in [1.29, 1.82) is 0 Å². The van der Waals surface area contributed by atoms with Crippen molar-refractivity contribution < 1.29 is 14.3 Å². The van der Waals surface area contributed by atoms with Crippen LogP contribution in [0.1, 0.15) is 29.0 Å². The number of benzene rings is 2. The molecule has 0 saturated heterocycles. The lowest BCUT2D eigenvalue weighted by Gasteiger charge is -2.12. The molecule has 3 aromatic rings. The number of methoxy groups -OCH3 is 1. The number of aromatic amines is 1. The summed E-state index contributed by atoms with van der Waals surface area (Å²) in [6, 6.07) is 11.9. The molecular weight excluding hydrogens is 372 g/mol. The normalized spacial score (nSPS) is 10.6. The number of carbonyl (C=O) groups excluding carboxylic acids is 2. The molecule has 1 aromatic heterocycles. The number of rotatable bonds is 7. The van der Waals surface area contributed by atoms with Gasteiger partial charge in [0.1, 0.15) is 11.6 Å². The highest BCUT2D eigenvalue weighted by Gasteiger charge is 2.12. The van der Waals surface area contributed by atoms with Crippen LogP contribution < -0.4 is 20.9 Å². The van der Waals surface area contributed by atoms with Crippen LogP contribution in [0.5, 0.6) is 5.75 Å². The molecule has 1 heterocycles. The Labute approximate surface area is 167 Å². The van der Waals surface area contributed by atoms with E-state index in [0.717, 1.165) is 0 Å². The van der Waals surface area contributed by atoms with Gasteiger partial charge < -0.3 is 20.4 Å². The van der Waals surface area contributed by atoms with Gasteiger partial charge >= 0.3 is 0 Å². The van der Waals surface area contributed by atoms with Gasteiger partial charge in [0.05, 0.1) is 23.7 Å². The van der Waals surface area contributed by atoms with Gasteiger partial charge in [0.25, 0.3) is 11.5 Å². The van der Waals surface area contributed by atoms with Gasteiger partial charge in [-0.05, 0) is 36.8 Å². The standard InChI is InChI=1S/C21H22N4O4/c1-22-20(27)13-10-11-17(29-2)16(12-13)24-19(26)9-5-8-18-23-15-7-4-3-6-14(15)21(28)25-18/h3-4,6-7,10-12H,5,8-9H2,1-2H3,(H,22,27)(H,24,26)(H,23,25,28). The third-order valence-corrected chi connectivity index (χ3v) is 4.44. The number of aryl methyl sites for hydroxylation is 1. The largest absolute Gasteiger partial charge is 0.495 e. The predicted octanol–water partition coefficient (Wildman–Crippen LogP) is 2.25. The van der Waals surface area contributed by atoms with Crippen molar-refractivity contribution >= 4 is 28.4 Å². The average Bonchev–Trinajstić information content (AvgIpc) is 2.73. The summed E-state index contributed by atoms with van der Waals surface area (Å²) in [6.07, 6.45) is 1.19. The Morgan fingerprint density at radius 3 is 2.72 bits per heavy atom. The highest BCUT2D eigenvalue weighted by Crippen LogP contribution is 2.25. The highest BCUT2D eigenvalue weighted by atomic mass is 16.5. The summed E-state index contributed by atoms with van der Waals surface area (Å²) in [5, 5.41) is 5.85. The number of anilines is 1. The molecule has 0 aliphatic rings. The van der Waals surface area contributed by atoms with E-state index in [1.54, 1.807) is 36.4 Å². The van der Waals surface area contributed by atoms with E-state index in [9.17, 15) is 14.4 Å². The molecule has 0 radical (unpaired) electrons. The van der Waals surface area contributed by atoms with Crippen molar-refractivity contribution in [3.8, 4) is 5.75 Å². The lowest BCUT2D eigenvalue weighted by atomic mass is 10.1. The first kappa shape index (κ1) is 20.1. The summed E-state index contributed by atoms with van der Waals surface area (Å²) >= 11 is 0. The molecule has 0 spiro atoms. The number of para-hydroxylation sites is 1. The van der Waals surface area contributed by atoms with E-state index in [1.165, 1.54) is 14.2 Å². The van der Waals surface area contributed by atoms with E-state index in [4.69, 9.17) is 4.74 Å². The van der Waals surface area contributed by atoms with Gasteiger partial charge in [0.2, 0.25) is 5.91 Å². The maximum atomic E-state index is 12.3. The monoisotopic (exact) mass is 394 g/mol. The van der Waals surface area contributed by atoms with Gasteiger partial charge in [-0.15, -0.1) is 0 Å². The summed E-state index contributed by atoms with van der Waals surface area (Å²) in [5.74, 6) is 0.530. The minimum Gasteiger partial charge on any atom is -0.495 e. The number of hydrogen-bond acceptors (Lipinski definition) is 5. The first-order chi connectivity index (χ1) is 14.0. The lowest BCUT2D eigenvalue weighted by Crippen LogP contribution is -2.19. The zero-order chi connectivity index (χ0) is 20.8. The molecule has 8 nitrogen and oxygen atoms in total. The first-order valence-corrected chi connectivity index (χ1v) is 9.19. The first-order valence-electron chi connectivity index (χ1n) is 9.19. The second kappa shape index (κ2) is 9.01. The average molecular weight is 394 g/mol. The van der Waals surface area contributed by atoms with E-state index in [2.05, 4.69) is 20.6 Å². The molecule has 2 aromatic carbocycles. The molecule has 3 N–H and O–H groups in total. The molecule has 3 rings (SSSR count). The van der Waals surface area contributed by atoms with Crippen LogP contribution in [0.3, 0.4) is 0 Å². The van der Waals surface area contributed by atoms with Crippen molar-refractivity contribution in [2.75, 3.05) is 19.5 Å². The lowest BCUT2D eigenvalue weighted by molar-refractivity contribution is -0.116. The number of hydrogen-bond donors (Lipinski definition) is 3. The summed E-state index contributed by atoms with van der Waals surface area (Å²) in [7, 11) is 3.03. The van der Waals surface area contributed by atoms with Crippen LogP contribution in [0.4, 0.5) is 5.69 Å². The van der Waals surface area contributed by atoms with E-state index in [1.807, 2.05) is 6.07 Å². The quantitative estimate of drug-likeness (QED) is 0.569. The highest BCUT2D eigenvalue weighted by molar-refractivity contribution is 5.98. The number of nitrogens with zero attached hydrogens (tertiary/aromatic N) is 1. The summed E-state index contributed by atoms with van der Waals surface area (Å²) < 4.78 is 5.25. The second-order valence-electron chi connectivity index (χ2n) is 6.43. The van der Waals surface area contributed by atoms with E-state index >= 15 is 0 Å². The van der Waals surface area contributed by atoms with Gasteiger partial charge in [-0.2, -0.15) is 0 Å². The Morgan fingerprint density at radius 2 is 1.97 bits per heavy atom. The zero-order valence-corrected chi connectivity index (χ0v) is 16.2. The summed E-state index contributed by atoms with van der Waals surface area (Å²) in [5.41, 5.74) is 1.29. The number of fused-ring (bicyclic) bond motifs is 1. The van der Waals surface area contributed by atoms with Crippen LogP contribution in [0.2, 0.25) is 0 Å². The van der Waals surface area contributed by atoms with E-state index in [0.29, 0.717) is 46.6 Å². The summed E-state index contributed by atoms with van der Waals surface area (Å²) in [4.78, 5) is 43.4.